The van der Waals surface area contributed by atoms with E-state index in [9.17, 15) is 4.79 Å². The summed E-state index contributed by atoms with van der Waals surface area (Å²) in [5.41, 5.74) is 1.51. The molecule has 4 nitrogen and oxygen atoms in total. The van der Waals surface area contributed by atoms with Gasteiger partial charge >= 0.3 is 0 Å². The highest BCUT2D eigenvalue weighted by atomic mass is 32.1. The maximum atomic E-state index is 11.8. The second-order valence-electron chi connectivity index (χ2n) is 3.83. The fourth-order valence-electron chi connectivity index (χ4n) is 1.74. The Labute approximate surface area is 105 Å². The van der Waals surface area contributed by atoms with Crippen molar-refractivity contribution in [2.75, 3.05) is 23.7 Å². The van der Waals surface area contributed by atoms with Crippen LogP contribution in [0.4, 0.5) is 5.88 Å². The molecule has 0 aliphatic rings. The first kappa shape index (κ1) is 12.1. The van der Waals surface area contributed by atoms with E-state index in [4.69, 9.17) is 8.83 Å². The number of thiol groups is 1. The van der Waals surface area contributed by atoms with E-state index in [0.717, 1.165) is 18.7 Å². The van der Waals surface area contributed by atoms with Crippen LogP contribution in [0.25, 0.3) is 11.2 Å². The van der Waals surface area contributed by atoms with Crippen LogP contribution in [0.2, 0.25) is 0 Å². The lowest BCUT2D eigenvalue weighted by Crippen LogP contribution is -2.25. The third-order valence-electron chi connectivity index (χ3n) is 2.67. The Morgan fingerprint density at radius 2 is 2.18 bits per heavy atom. The zero-order chi connectivity index (χ0) is 12.4. The van der Waals surface area contributed by atoms with Gasteiger partial charge in [0.25, 0.3) is 0 Å². The van der Waals surface area contributed by atoms with Crippen molar-refractivity contribution in [2.45, 2.75) is 13.8 Å². The summed E-state index contributed by atoms with van der Waals surface area (Å²) in [5.74, 6) is 1.28. The number of furan rings is 1. The molecule has 2 aromatic heterocycles. The Kier molecular flexibility index (Phi) is 3.47. The first-order valence-electron chi connectivity index (χ1n) is 5.55. The predicted molar refractivity (Wildman–Crippen MR) is 71.2 cm³/mol. The molecule has 0 aliphatic carbocycles. The van der Waals surface area contributed by atoms with Gasteiger partial charge in [0.05, 0.1) is 12.3 Å². The minimum absolute atomic E-state index is 0.146. The van der Waals surface area contributed by atoms with Crippen molar-refractivity contribution < 1.29 is 8.83 Å². The number of rotatable bonds is 4. The molecule has 17 heavy (non-hydrogen) atoms. The van der Waals surface area contributed by atoms with E-state index in [-0.39, 0.29) is 11.0 Å². The van der Waals surface area contributed by atoms with Crippen LogP contribution in [0.15, 0.2) is 26.0 Å². The Morgan fingerprint density at radius 1 is 1.41 bits per heavy atom. The molecule has 5 heteroatoms. The topological polar surface area (TPSA) is 46.6 Å². The third kappa shape index (κ3) is 2.20. The van der Waals surface area contributed by atoms with E-state index in [1.165, 1.54) is 12.3 Å². The maximum Gasteiger partial charge on any atom is 0.230 e. The van der Waals surface area contributed by atoms with Crippen molar-refractivity contribution in [3.63, 3.8) is 0 Å². The summed E-state index contributed by atoms with van der Waals surface area (Å²) in [6.45, 7) is 5.38. The van der Waals surface area contributed by atoms with Crippen molar-refractivity contribution in [3.8, 4) is 0 Å². The molecule has 0 saturated heterocycles. The van der Waals surface area contributed by atoms with Gasteiger partial charge in [-0.05, 0) is 13.8 Å². The van der Waals surface area contributed by atoms with E-state index in [1.54, 1.807) is 0 Å². The Bertz CT molecular complexity index is 573. The third-order valence-corrected chi connectivity index (χ3v) is 2.87. The largest absolute Gasteiger partial charge is 0.456 e. The van der Waals surface area contributed by atoms with Gasteiger partial charge in [0.1, 0.15) is 0 Å². The normalized spacial score (nSPS) is 11.0. The van der Waals surface area contributed by atoms with E-state index < -0.39 is 0 Å². The first-order chi connectivity index (χ1) is 8.17. The van der Waals surface area contributed by atoms with Gasteiger partial charge in [-0.15, -0.1) is 0 Å². The number of anilines is 1. The number of nitrogens with zero attached hydrogens (tertiary/aromatic N) is 1. The number of hydrogen-bond acceptors (Lipinski definition) is 5. The van der Waals surface area contributed by atoms with Crippen LogP contribution in [0, 0.1) is 6.92 Å². The van der Waals surface area contributed by atoms with Crippen LogP contribution in [-0.2, 0) is 0 Å². The van der Waals surface area contributed by atoms with Crippen LogP contribution in [0.5, 0.6) is 0 Å². The summed E-state index contributed by atoms with van der Waals surface area (Å²) < 4.78 is 10.9. The summed E-state index contributed by atoms with van der Waals surface area (Å²) in [7, 11) is 0. The second kappa shape index (κ2) is 4.87. The van der Waals surface area contributed by atoms with Gasteiger partial charge in [-0.25, -0.2) is 0 Å². The lowest BCUT2D eigenvalue weighted by atomic mass is 10.3. The zero-order valence-electron chi connectivity index (χ0n) is 9.90. The number of fused-ring (bicyclic) bond motifs is 1. The molecule has 0 aromatic carbocycles. The van der Waals surface area contributed by atoms with Crippen molar-refractivity contribution in [2.24, 2.45) is 0 Å². The number of hydrogen-bond donors (Lipinski definition) is 1. The minimum atomic E-state index is -0.146. The highest BCUT2D eigenvalue weighted by molar-refractivity contribution is 7.80. The molecule has 2 heterocycles. The van der Waals surface area contributed by atoms with Gasteiger partial charge in [0.2, 0.25) is 11.0 Å². The Morgan fingerprint density at radius 3 is 2.82 bits per heavy atom. The molecule has 0 radical (unpaired) electrons. The monoisotopic (exact) mass is 253 g/mol. The first-order valence-corrected chi connectivity index (χ1v) is 6.18. The highest BCUT2D eigenvalue weighted by Gasteiger charge is 2.14. The molecular weight excluding hydrogens is 238 g/mol. The van der Waals surface area contributed by atoms with Crippen LogP contribution in [-0.4, -0.2) is 18.8 Å². The Hall–Kier alpha value is -1.36. The molecular formula is C12H15NO3S. The standard InChI is InChI=1S/C12H15NO3S/c1-3-13(4-5-17)10-6-9(14)12-11(16-10)8(2)7-15-12/h6-7,17H,3-5H2,1-2H3. The van der Waals surface area contributed by atoms with Crippen LogP contribution < -0.4 is 10.3 Å². The molecule has 2 rings (SSSR count). The molecule has 0 bridgehead atoms. The zero-order valence-corrected chi connectivity index (χ0v) is 10.8. The molecule has 0 saturated carbocycles. The summed E-state index contributed by atoms with van der Waals surface area (Å²) in [4.78, 5) is 13.8. The highest BCUT2D eigenvalue weighted by Crippen LogP contribution is 2.22. The summed E-state index contributed by atoms with van der Waals surface area (Å²) >= 11 is 4.19. The van der Waals surface area contributed by atoms with Crippen molar-refractivity contribution in [1.29, 1.82) is 0 Å². The van der Waals surface area contributed by atoms with Gasteiger partial charge < -0.3 is 13.7 Å². The van der Waals surface area contributed by atoms with Crippen molar-refractivity contribution in [3.05, 3.63) is 28.1 Å². The smallest absolute Gasteiger partial charge is 0.230 e. The maximum absolute atomic E-state index is 11.8. The quantitative estimate of drug-likeness (QED) is 0.850. The average Bonchev–Trinajstić information content (AvgIpc) is 2.69. The SMILES string of the molecule is CCN(CCS)c1cc(=O)c2occ(C)c2o1. The fourth-order valence-corrected chi connectivity index (χ4v) is 1.98. The van der Waals surface area contributed by atoms with Gasteiger partial charge in [-0.3, -0.25) is 4.79 Å². The summed E-state index contributed by atoms with van der Waals surface area (Å²) in [5, 5.41) is 0. The molecule has 2 aromatic rings. The molecule has 0 atom stereocenters. The van der Waals surface area contributed by atoms with Crippen LogP contribution in [0.1, 0.15) is 12.5 Å². The van der Waals surface area contributed by atoms with Gasteiger partial charge in [-0.1, -0.05) is 0 Å². The molecule has 0 amide bonds. The van der Waals surface area contributed by atoms with E-state index in [1.807, 2.05) is 18.7 Å². The van der Waals surface area contributed by atoms with E-state index in [2.05, 4.69) is 12.6 Å². The van der Waals surface area contributed by atoms with Gasteiger partial charge in [-0.2, -0.15) is 12.6 Å². The minimum Gasteiger partial charge on any atom is -0.456 e. The van der Waals surface area contributed by atoms with Crippen LogP contribution in [0.3, 0.4) is 0 Å². The fraction of sp³-hybridized carbons (Fsp3) is 0.417. The Balaban J connectivity index is 2.55. The average molecular weight is 253 g/mol. The lowest BCUT2D eigenvalue weighted by Gasteiger charge is -2.19. The molecule has 0 fully saturated rings. The molecule has 0 spiro atoms. The molecule has 92 valence electrons. The van der Waals surface area contributed by atoms with Crippen LogP contribution >= 0.6 is 12.6 Å². The van der Waals surface area contributed by atoms with E-state index >= 15 is 0 Å². The summed E-state index contributed by atoms with van der Waals surface area (Å²) in [6, 6.07) is 1.47. The predicted octanol–water partition coefficient (Wildman–Crippen LogP) is 2.45. The molecule has 0 N–H and O–H groups in total. The lowest BCUT2D eigenvalue weighted by molar-refractivity contribution is 0.564. The van der Waals surface area contributed by atoms with E-state index in [0.29, 0.717) is 17.2 Å². The molecule has 0 aliphatic heterocycles. The summed E-state index contributed by atoms with van der Waals surface area (Å²) in [6.07, 6.45) is 1.54. The van der Waals surface area contributed by atoms with Gasteiger partial charge in [0, 0.05) is 24.4 Å². The van der Waals surface area contributed by atoms with Gasteiger partial charge in [0.15, 0.2) is 11.5 Å². The number of aryl methyl sites for hydroxylation is 1. The van der Waals surface area contributed by atoms with Crippen molar-refractivity contribution >= 4 is 29.7 Å². The second-order valence-corrected chi connectivity index (χ2v) is 4.28. The molecule has 0 unspecified atom stereocenters. The van der Waals surface area contributed by atoms with Crippen molar-refractivity contribution in [1.82, 2.24) is 0 Å².